The smallest absolute Gasteiger partial charge is 0.219 e. The minimum Gasteiger partial charge on any atom is -0.360 e. The van der Waals surface area contributed by atoms with Gasteiger partial charge in [0.15, 0.2) is 5.60 Å². The molecule has 1 heterocycles. The molecule has 14 heavy (non-hydrogen) atoms. The zero-order valence-corrected chi connectivity index (χ0v) is 8.75. The van der Waals surface area contributed by atoms with E-state index in [0.29, 0.717) is 32.5 Å². The quantitative estimate of drug-likeness (QED) is 0.660. The van der Waals surface area contributed by atoms with Crippen molar-refractivity contribution in [2.45, 2.75) is 32.3 Å². The van der Waals surface area contributed by atoms with Gasteiger partial charge >= 0.3 is 0 Å². The summed E-state index contributed by atoms with van der Waals surface area (Å²) < 4.78 is 5.45. The molecule has 1 saturated heterocycles. The average molecular weight is 196 g/mol. The molecule has 0 aliphatic carbocycles. The highest BCUT2D eigenvalue weighted by atomic mass is 16.5. The average Bonchev–Trinajstić information content (AvgIpc) is 2.19. The molecular weight excluding hydrogens is 180 g/mol. The summed E-state index contributed by atoms with van der Waals surface area (Å²) in [6.07, 6.45) is 1.24. The summed E-state index contributed by atoms with van der Waals surface area (Å²) in [5, 5.41) is 9.02. The Morgan fingerprint density at radius 2 is 2.14 bits per heavy atom. The molecule has 1 fully saturated rings. The van der Waals surface area contributed by atoms with Crippen molar-refractivity contribution in [2.75, 3.05) is 19.7 Å². The van der Waals surface area contributed by atoms with Crippen LogP contribution in [-0.2, 0) is 9.53 Å². The first-order valence-corrected chi connectivity index (χ1v) is 4.94. The van der Waals surface area contributed by atoms with Gasteiger partial charge in [-0.3, -0.25) is 4.79 Å². The van der Waals surface area contributed by atoms with Gasteiger partial charge in [-0.15, -0.1) is 0 Å². The minimum atomic E-state index is -0.652. The van der Waals surface area contributed by atoms with Crippen LogP contribution in [0, 0.1) is 11.3 Å². The molecule has 0 bridgehead atoms. The zero-order valence-electron chi connectivity index (χ0n) is 8.75. The molecule has 4 nitrogen and oxygen atoms in total. The maximum absolute atomic E-state index is 11.1. The highest BCUT2D eigenvalue weighted by molar-refractivity contribution is 5.73. The standard InChI is InChI=1S/C10H16N2O2/c1-3-14-10(8-11)4-6-12(7-5-10)9(2)13/h3-7H2,1-2H3. The van der Waals surface area contributed by atoms with Crippen molar-refractivity contribution in [1.29, 1.82) is 5.26 Å². The third-order valence-electron chi connectivity index (χ3n) is 2.64. The number of carbonyl (C=O) groups excluding carboxylic acids is 1. The van der Waals surface area contributed by atoms with E-state index in [2.05, 4.69) is 6.07 Å². The van der Waals surface area contributed by atoms with Gasteiger partial charge in [-0.05, 0) is 6.92 Å². The molecule has 0 aromatic rings. The molecule has 78 valence electrons. The zero-order chi connectivity index (χ0) is 10.6. The topological polar surface area (TPSA) is 53.3 Å². The number of hydrogen-bond acceptors (Lipinski definition) is 3. The molecule has 0 radical (unpaired) electrons. The number of nitriles is 1. The fourth-order valence-electron chi connectivity index (χ4n) is 1.75. The van der Waals surface area contributed by atoms with Gasteiger partial charge in [0.1, 0.15) is 0 Å². The fraction of sp³-hybridized carbons (Fsp3) is 0.800. The predicted octanol–water partition coefficient (Wildman–Crippen LogP) is 0.928. The highest BCUT2D eigenvalue weighted by Gasteiger charge is 2.35. The molecule has 0 aromatic carbocycles. The highest BCUT2D eigenvalue weighted by Crippen LogP contribution is 2.25. The Morgan fingerprint density at radius 1 is 1.57 bits per heavy atom. The predicted molar refractivity (Wildman–Crippen MR) is 51.5 cm³/mol. The molecule has 0 unspecified atom stereocenters. The van der Waals surface area contributed by atoms with Crippen LogP contribution in [0.1, 0.15) is 26.7 Å². The number of nitrogens with zero attached hydrogens (tertiary/aromatic N) is 2. The molecule has 0 atom stereocenters. The van der Waals surface area contributed by atoms with Gasteiger partial charge in [-0.1, -0.05) is 0 Å². The lowest BCUT2D eigenvalue weighted by Crippen LogP contribution is -2.46. The van der Waals surface area contributed by atoms with E-state index in [-0.39, 0.29) is 5.91 Å². The van der Waals surface area contributed by atoms with E-state index in [4.69, 9.17) is 10.00 Å². The van der Waals surface area contributed by atoms with Gasteiger partial charge in [-0.2, -0.15) is 5.26 Å². The van der Waals surface area contributed by atoms with Crippen LogP contribution in [0.4, 0.5) is 0 Å². The van der Waals surface area contributed by atoms with Crippen molar-refractivity contribution < 1.29 is 9.53 Å². The summed E-state index contributed by atoms with van der Waals surface area (Å²) in [7, 11) is 0. The van der Waals surface area contributed by atoms with Crippen LogP contribution < -0.4 is 0 Å². The van der Waals surface area contributed by atoms with Crippen molar-refractivity contribution in [3.8, 4) is 6.07 Å². The number of amides is 1. The maximum Gasteiger partial charge on any atom is 0.219 e. The summed E-state index contributed by atoms with van der Waals surface area (Å²) in [5.41, 5.74) is -0.652. The largest absolute Gasteiger partial charge is 0.360 e. The van der Waals surface area contributed by atoms with Gasteiger partial charge in [0.05, 0.1) is 6.07 Å². The molecule has 4 heteroatoms. The third kappa shape index (κ3) is 2.24. The molecule has 0 aromatic heterocycles. The number of piperidine rings is 1. The lowest BCUT2D eigenvalue weighted by Gasteiger charge is -2.36. The van der Waals surface area contributed by atoms with Crippen molar-refractivity contribution in [3.63, 3.8) is 0 Å². The van der Waals surface area contributed by atoms with Crippen LogP contribution in [0.5, 0.6) is 0 Å². The van der Waals surface area contributed by atoms with E-state index in [1.54, 1.807) is 11.8 Å². The lowest BCUT2D eigenvalue weighted by atomic mass is 9.92. The number of carbonyl (C=O) groups is 1. The molecule has 1 amide bonds. The van der Waals surface area contributed by atoms with Gasteiger partial charge in [0.2, 0.25) is 5.91 Å². The van der Waals surface area contributed by atoms with Crippen LogP contribution in [0.25, 0.3) is 0 Å². The Bertz CT molecular complexity index is 249. The number of likely N-dealkylation sites (tertiary alicyclic amines) is 1. The molecule has 1 aliphatic rings. The van der Waals surface area contributed by atoms with E-state index in [1.165, 1.54) is 0 Å². The van der Waals surface area contributed by atoms with E-state index >= 15 is 0 Å². The van der Waals surface area contributed by atoms with Crippen LogP contribution in [0.2, 0.25) is 0 Å². The first-order valence-electron chi connectivity index (χ1n) is 4.94. The lowest BCUT2D eigenvalue weighted by molar-refractivity contribution is -0.133. The van der Waals surface area contributed by atoms with Crippen molar-refractivity contribution >= 4 is 5.91 Å². The van der Waals surface area contributed by atoms with Gasteiger partial charge in [0, 0.05) is 39.5 Å². The number of ether oxygens (including phenoxy) is 1. The minimum absolute atomic E-state index is 0.0769. The summed E-state index contributed by atoms with van der Waals surface area (Å²) >= 11 is 0. The van der Waals surface area contributed by atoms with E-state index in [9.17, 15) is 4.79 Å². The number of hydrogen-bond donors (Lipinski definition) is 0. The van der Waals surface area contributed by atoms with Gasteiger partial charge < -0.3 is 9.64 Å². The Balaban J connectivity index is 2.55. The summed E-state index contributed by atoms with van der Waals surface area (Å²) in [6, 6.07) is 2.22. The van der Waals surface area contributed by atoms with Gasteiger partial charge in [0.25, 0.3) is 0 Å². The van der Waals surface area contributed by atoms with Crippen molar-refractivity contribution in [3.05, 3.63) is 0 Å². The molecular formula is C10H16N2O2. The summed E-state index contributed by atoms with van der Waals surface area (Å²) in [5.74, 6) is 0.0769. The van der Waals surface area contributed by atoms with Crippen LogP contribution in [0.15, 0.2) is 0 Å². The summed E-state index contributed by atoms with van der Waals surface area (Å²) in [4.78, 5) is 12.8. The van der Waals surface area contributed by atoms with E-state index < -0.39 is 5.60 Å². The van der Waals surface area contributed by atoms with E-state index in [1.807, 2.05) is 6.92 Å². The molecule has 1 aliphatic heterocycles. The second-order valence-electron chi connectivity index (χ2n) is 3.55. The Morgan fingerprint density at radius 3 is 2.50 bits per heavy atom. The molecule has 0 spiro atoms. The maximum atomic E-state index is 11.1. The van der Waals surface area contributed by atoms with Crippen LogP contribution in [-0.4, -0.2) is 36.1 Å². The fourth-order valence-corrected chi connectivity index (χ4v) is 1.75. The van der Waals surface area contributed by atoms with Crippen LogP contribution in [0.3, 0.4) is 0 Å². The normalized spacial score (nSPS) is 20.2. The van der Waals surface area contributed by atoms with Crippen LogP contribution >= 0.6 is 0 Å². The first-order chi connectivity index (χ1) is 6.63. The Labute approximate surface area is 84.4 Å². The van der Waals surface area contributed by atoms with E-state index in [0.717, 1.165) is 0 Å². The van der Waals surface area contributed by atoms with Crippen molar-refractivity contribution in [1.82, 2.24) is 4.90 Å². The Hall–Kier alpha value is -1.08. The number of rotatable bonds is 2. The molecule has 1 rings (SSSR count). The third-order valence-corrected chi connectivity index (χ3v) is 2.64. The van der Waals surface area contributed by atoms with Gasteiger partial charge in [-0.25, -0.2) is 0 Å². The van der Waals surface area contributed by atoms with Crippen molar-refractivity contribution in [2.24, 2.45) is 0 Å². The summed E-state index contributed by atoms with van der Waals surface area (Å²) in [6.45, 7) is 5.25. The monoisotopic (exact) mass is 196 g/mol. The SMILES string of the molecule is CCOC1(C#N)CCN(C(C)=O)CC1. The Kier molecular flexibility index (Phi) is 3.48. The second kappa shape index (κ2) is 4.43. The molecule has 0 N–H and O–H groups in total. The molecule has 0 saturated carbocycles. The second-order valence-corrected chi connectivity index (χ2v) is 3.55. The first kappa shape index (κ1) is 11.0.